The third-order valence-corrected chi connectivity index (χ3v) is 2.81. The Bertz CT molecular complexity index is 156. The lowest BCUT2D eigenvalue weighted by molar-refractivity contribution is -0.0712. The molecule has 1 aliphatic carbocycles. The van der Waals surface area contributed by atoms with Gasteiger partial charge < -0.3 is 9.84 Å². The number of aliphatic hydroxyl groups excluding tert-OH is 1. The van der Waals surface area contributed by atoms with Crippen LogP contribution in [0.4, 0.5) is 0 Å². The molecule has 2 nitrogen and oxygen atoms in total. The van der Waals surface area contributed by atoms with Gasteiger partial charge in [0.05, 0.1) is 12.2 Å². The second kappa shape index (κ2) is 4.06. The van der Waals surface area contributed by atoms with Crippen molar-refractivity contribution in [2.75, 3.05) is 7.11 Å². The van der Waals surface area contributed by atoms with Crippen molar-refractivity contribution in [1.29, 1.82) is 0 Å². The Morgan fingerprint density at radius 3 is 2.67 bits per heavy atom. The summed E-state index contributed by atoms with van der Waals surface area (Å²) in [7, 11) is 1.66. The number of ether oxygens (including phenoxy) is 1. The van der Waals surface area contributed by atoms with Crippen molar-refractivity contribution in [1.82, 2.24) is 0 Å². The molecule has 0 bridgehead atoms. The fraction of sp³-hybridized carbons (Fsp3) is 0.800. The molecule has 0 amide bonds. The zero-order valence-electron chi connectivity index (χ0n) is 7.86. The quantitative estimate of drug-likeness (QED) is 0.638. The van der Waals surface area contributed by atoms with Crippen molar-refractivity contribution in [3.63, 3.8) is 0 Å². The van der Waals surface area contributed by atoms with Crippen LogP contribution in [0.5, 0.6) is 0 Å². The molecule has 1 aliphatic rings. The van der Waals surface area contributed by atoms with Gasteiger partial charge in [-0.15, -0.1) is 6.58 Å². The van der Waals surface area contributed by atoms with Gasteiger partial charge in [0.25, 0.3) is 0 Å². The Kier molecular flexibility index (Phi) is 3.29. The topological polar surface area (TPSA) is 29.5 Å². The third-order valence-electron chi connectivity index (χ3n) is 2.81. The van der Waals surface area contributed by atoms with Gasteiger partial charge in [-0.05, 0) is 24.7 Å². The lowest BCUT2D eigenvalue weighted by Gasteiger charge is -2.35. The highest BCUT2D eigenvalue weighted by Crippen LogP contribution is 2.31. The summed E-state index contributed by atoms with van der Waals surface area (Å²) in [5.41, 5.74) is 0. The molecular formula is C10H18O2. The second-order valence-electron chi connectivity index (χ2n) is 3.71. The number of hydrogen-bond donors (Lipinski definition) is 1. The van der Waals surface area contributed by atoms with Gasteiger partial charge in [-0.2, -0.15) is 0 Å². The lowest BCUT2D eigenvalue weighted by Crippen LogP contribution is -2.40. The van der Waals surface area contributed by atoms with E-state index in [0.29, 0.717) is 11.8 Å². The van der Waals surface area contributed by atoms with Gasteiger partial charge in [-0.25, -0.2) is 0 Å². The number of rotatable bonds is 2. The first kappa shape index (κ1) is 9.75. The van der Waals surface area contributed by atoms with Crippen LogP contribution >= 0.6 is 0 Å². The minimum absolute atomic E-state index is 0.00301. The molecule has 1 N–H and O–H groups in total. The van der Waals surface area contributed by atoms with E-state index in [1.54, 1.807) is 7.11 Å². The van der Waals surface area contributed by atoms with Crippen molar-refractivity contribution in [2.45, 2.75) is 32.0 Å². The molecular weight excluding hydrogens is 152 g/mol. The lowest BCUT2D eigenvalue weighted by atomic mass is 9.79. The largest absolute Gasteiger partial charge is 0.390 e. The molecule has 4 atom stereocenters. The maximum Gasteiger partial charge on any atom is 0.0838 e. The van der Waals surface area contributed by atoms with E-state index in [-0.39, 0.29) is 12.2 Å². The van der Waals surface area contributed by atoms with Crippen molar-refractivity contribution in [3.8, 4) is 0 Å². The maximum absolute atomic E-state index is 9.69. The minimum Gasteiger partial charge on any atom is -0.390 e. The average molecular weight is 170 g/mol. The smallest absolute Gasteiger partial charge is 0.0838 e. The summed E-state index contributed by atoms with van der Waals surface area (Å²) in [6.07, 6.45) is 3.60. The first-order chi connectivity index (χ1) is 5.69. The highest BCUT2D eigenvalue weighted by Gasteiger charge is 2.32. The van der Waals surface area contributed by atoms with E-state index >= 15 is 0 Å². The Balaban J connectivity index is 2.57. The minimum atomic E-state index is -0.300. The summed E-state index contributed by atoms with van der Waals surface area (Å²) in [4.78, 5) is 0. The molecule has 0 aliphatic heterocycles. The molecule has 1 saturated carbocycles. The van der Waals surface area contributed by atoms with E-state index in [1.807, 2.05) is 6.08 Å². The Hall–Kier alpha value is -0.340. The van der Waals surface area contributed by atoms with Crippen LogP contribution in [-0.2, 0) is 4.74 Å². The zero-order valence-corrected chi connectivity index (χ0v) is 7.86. The molecule has 12 heavy (non-hydrogen) atoms. The summed E-state index contributed by atoms with van der Waals surface area (Å²) in [5, 5.41) is 9.69. The van der Waals surface area contributed by atoms with Crippen LogP contribution in [-0.4, -0.2) is 24.4 Å². The highest BCUT2D eigenvalue weighted by atomic mass is 16.5. The van der Waals surface area contributed by atoms with Crippen LogP contribution in [0.2, 0.25) is 0 Å². The van der Waals surface area contributed by atoms with Gasteiger partial charge in [0.15, 0.2) is 0 Å². The van der Waals surface area contributed by atoms with E-state index in [1.165, 1.54) is 0 Å². The second-order valence-corrected chi connectivity index (χ2v) is 3.71. The normalized spacial score (nSPS) is 42.6. The molecule has 4 unspecified atom stereocenters. The van der Waals surface area contributed by atoms with E-state index in [2.05, 4.69) is 13.5 Å². The molecule has 2 heteroatoms. The van der Waals surface area contributed by atoms with E-state index < -0.39 is 0 Å². The molecule has 0 saturated heterocycles. The Labute approximate surface area is 74.2 Å². The first-order valence-corrected chi connectivity index (χ1v) is 4.52. The molecule has 0 aromatic heterocycles. The van der Waals surface area contributed by atoms with E-state index in [4.69, 9.17) is 4.74 Å². The average Bonchev–Trinajstić information content (AvgIpc) is 2.09. The van der Waals surface area contributed by atoms with Gasteiger partial charge in [0.1, 0.15) is 0 Å². The molecule has 1 fully saturated rings. The van der Waals surface area contributed by atoms with Crippen LogP contribution < -0.4 is 0 Å². The monoisotopic (exact) mass is 170 g/mol. The van der Waals surface area contributed by atoms with Crippen LogP contribution in [0, 0.1) is 11.8 Å². The van der Waals surface area contributed by atoms with Crippen molar-refractivity contribution >= 4 is 0 Å². The maximum atomic E-state index is 9.69. The molecule has 70 valence electrons. The molecule has 1 rings (SSSR count). The fourth-order valence-corrected chi connectivity index (χ4v) is 1.95. The first-order valence-electron chi connectivity index (χ1n) is 4.52. The summed E-state index contributed by atoms with van der Waals surface area (Å²) in [5.74, 6) is 0.833. The van der Waals surface area contributed by atoms with Crippen LogP contribution in [0.1, 0.15) is 19.8 Å². The number of methoxy groups -OCH3 is 1. The van der Waals surface area contributed by atoms with Gasteiger partial charge in [-0.1, -0.05) is 13.0 Å². The summed E-state index contributed by atoms with van der Waals surface area (Å²) >= 11 is 0. The SMILES string of the molecule is C=CC1CC(C)C(O)C(OC)C1. The Morgan fingerprint density at radius 2 is 2.17 bits per heavy atom. The highest BCUT2D eigenvalue weighted by molar-refractivity contribution is 4.91. The van der Waals surface area contributed by atoms with E-state index in [0.717, 1.165) is 12.8 Å². The van der Waals surface area contributed by atoms with Gasteiger partial charge in [-0.3, -0.25) is 0 Å². The number of aliphatic hydroxyl groups is 1. The zero-order chi connectivity index (χ0) is 9.14. The van der Waals surface area contributed by atoms with Crippen molar-refractivity contribution in [3.05, 3.63) is 12.7 Å². The van der Waals surface area contributed by atoms with Crippen molar-refractivity contribution in [2.24, 2.45) is 11.8 Å². The summed E-state index contributed by atoms with van der Waals surface area (Å²) in [6.45, 7) is 5.84. The van der Waals surface area contributed by atoms with E-state index in [9.17, 15) is 5.11 Å². The number of allylic oxidation sites excluding steroid dienone is 1. The van der Waals surface area contributed by atoms with Gasteiger partial charge in [0, 0.05) is 7.11 Å². The van der Waals surface area contributed by atoms with Gasteiger partial charge in [0.2, 0.25) is 0 Å². The standard InChI is InChI=1S/C10H18O2/c1-4-8-5-7(2)10(11)9(6-8)12-3/h4,7-11H,1,5-6H2,2-3H3. The van der Waals surface area contributed by atoms with Crippen LogP contribution in [0.15, 0.2) is 12.7 Å². The van der Waals surface area contributed by atoms with Crippen molar-refractivity contribution < 1.29 is 9.84 Å². The Morgan fingerprint density at radius 1 is 1.50 bits per heavy atom. The van der Waals surface area contributed by atoms with Crippen LogP contribution in [0.3, 0.4) is 0 Å². The summed E-state index contributed by atoms with van der Waals surface area (Å²) in [6, 6.07) is 0. The fourth-order valence-electron chi connectivity index (χ4n) is 1.95. The summed E-state index contributed by atoms with van der Waals surface area (Å²) < 4.78 is 5.21. The van der Waals surface area contributed by atoms with Gasteiger partial charge >= 0.3 is 0 Å². The van der Waals surface area contributed by atoms with Crippen LogP contribution in [0.25, 0.3) is 0 Å². The molecule has 0 aromatic carbocycles. The molecule has 0 aromatic rings. The molecule has 0 radical (unpaired) electrons. The molecule has 0 spiro atoms. The molecule has 0 heterocycles. The predicted octanol–water partition coefficient (Wildman–Crippen LogP) is 1.59. The number of hydrogen-bond acceptors (Lipinski definition) is 2. The predicted molar refractivity (Wildman–Crippen MR) is 48.9 cm³/mol. The third kappa shape index (κ3) is 1.87.